The second-order valence-electron chi connectivity index (χ2n) is 12.7. The highest BCUT2D eigenvalue weighted by Gasteiger charge is 2.50. The van der Waals surface area contributed by atoms with E-state index in [1.165, 1.54) is 24.3 Å². The Morgan fingerprint density at radius 1 is 0.630 bits per heavy atom. The molecule has 0 aliphatic carbocycles. The van der Waals surface area contributed by atoms with Gasteiger partial charge in [0.2, 0.25) is 0 Å². The molecule has 8 N–H and O–H groups in total. The van der Waals surface area contributed by atoms with Crippen LogP contribution in [0.5, 0.6) is 0 Å². The first-order valence-corrected chi connectivity index (χ1v) is 15.1. The summed E-state index contributed by atoms with van der Waals surface area (Å²) in [6.07, 6.45) is -4.01. The van der Waals surface area contributed by atoms with Gasteiger partial charge in [0.25, 0.3) is 11.8 Å². The van der Waals surface area contributed by atoms with Gasteiger partial charge in [0.15, 0.2) is 0 Å². The lowest BCUT2D eigenvalue weighted by Crippen LogP contribution is -2.65. The minimum absolute atomic E-state index is 0.273. The lowest BCUT2D eigenvalue weighted by Gasteiger charge is -2.48. The van der Waals surface area contributed by atoms with Crippen LogP contribution in [0.4, 0.5) is 11.4 Å². The lowest BCUT2D eigenvalue weighted by atomic mass is 9.78. The molecule has 0 bridgehead atoms. The molecule has 4 rings (SSSR count). The number of nitrogens with one attached hydrogen (secondary N) is 2. The summed E-state index contributed by atoms with van der Waals surface area (Å²) in [4.78, 5) is 25.9. The van der Waals surface area contributed by atoms with Crippen molar-refractivity contribution in [1.29, 1.82) is 0 Å². The second-order valence-corrected chi connectivity index (χ2v) is 12.7. The van der Waals surface area contributed by atoms with Gasteiger partial charge < -0.3 is 50.7 Å². The number of hydrogen-bond acceptors (Lipinski definition) is 12. The standard InChI is InChI=1S/C32H44N4O10/c1-31(2)21(13-37)27(41)25(23(15-39)45-31)33-29(43)17-5-9-19(10-6-17)35-36-20-11-7-18(8-12-20)30(44)34-26-24(16-40)46-32(3,4)22(14-38)28(26)42/h5-12,21-28,37-42H,13-16H2,1-4H3,(H,33,43)(H,34,44)/t21-,22-,23+,24+,25-,26-,27-,28-/m0/s1. The zero-order valence-electron chi connectivity index (χ0n) is 26.3. The van der Waals surface area contributed by atoms with E-state index in [9.17, 15) is 40.2 Å². The lowest BCUT2D eigenvalue weighted by molar-refractivity contribution is -0.214. The fraction of sp³-hybridized carbons (Fsp3) is 0.562. The molecule has 0 spiro atoms. The molecule has 0 radical (unpaired) electrons. The Labute approximate surface area is 267 Å². The fourth-order valence-electron chi connectivity index (χ4n) is 6.12. The Morgan fingerprint density at radius 3 is 1.24 bits per heavy atom. The van der Waals surface area contributed by atoms with Gasteiger partial charge in [-0.3, -0.25) is 9.59 Å². The van der Waals surface area contributed by atoms with Gasteiger partial charge in [-0.1, -0.05) is 0 Å². The van der Waals surface area contributed by atoms with Crippen LogP contribution in [0.15, 0.2) is 58.8 Å². The van der Waals surface area contributed by atoms with E-state index in [1.54, 1.807) is 52.0 Å². The Bertz CT molecular complexity index is 1260. The number of carbonyl (C=O) groups excluding carboxylic acids is 2. The molecule has 46 heavy (non-hydrogen) atoms. The number of rotatable bonds is 10. The number of nitrogens with zero attached hydrogens (tertiary/aromatic N) is 2. The van der Waals surface area contributed by atoms with Gasteiger partial charge in [0.05, 0.1) is 73.3 Å². The van der Waals surface area contributed by atoms with Gasteiger partial charge in [-0.25, -0.2) is 0 Å². The van der Waals surface area contributed by atoms with Gasteiger partial charge in [-0.2, -0.15) is 10.2 Å². The van der Waals surface area contributed by atoms with Gasteiger partial charge in [-0.05, 0) is 76.2 Å². The molecule has 2 aromatic rings. The van der Waals surface area contributed by atoms with Crippen LogP contribution in [0.1, 0.15) is 48.4 Å². The fourth-order valence-corrected chi connectivity index (χ4v) is 6.12. The van der Waals surface area contributed by atoms with Crippen molar-refractivity contribution in [1.82, 2.24) is 10.6 Å². The molecule has 252 valence electrons. The molecule has 0 unspecified atom stereocenters. The van der Waals surface area contributed by atoms with Crippen LogP contribution in [-0.2, 0) is 9.47 Å². The monoisotopic (exact) mass is 644 g/mol. The molecule has 2 aromatic carbocycles. The zero-order chi connectivity index (χ0) is 33.8. The van der Waals surface area contributed by atoms with Crippen molar-refractivity contribution in [2.24, 2.45) is 22.1 Å². The van der Waals surface area contributed by atoms with E-state index in [-0.39, 0.29) is 24.3 Å². The molecule has 14 heteroatoms. The number of ether oxygens (including phenoxy) is 2. The minimum Gasteiger partial charge on any atom is -0.396 e. The first-order chi connectivity index (χ1) is 21.8. The number of benzene rings is 2. The number of azo groups is 1. The van der Waals surface area contributed by atoms with E-state index >= 15 is 0 Å². The summed E-state index contributed by atoms with van der Waals surface area (Å²) >= 11 is 0. The van der Waals surface area contributed by atoms with Gasteiger partial charge in [0.1, 0.15) is 12.2 Å². The van der Waals surface area contributed by atoms with E-state index in [0.717, 1.165) is 0 Å². The summed E-state index contributed by atoms with van der Waals surface area (Å²) in [5.41, 5.74) is -0.371. The van der Waals surface area contributed by atoms with Crippen LogP contribution in [0.25, 0.3) is 0 Å². The predicted molar refractivity (Wildman–Crippen MR) is 165 cm³/mol. The van der Waals surface area contributed by atoms with Crippen LogP contribution in [0.2, 0.25) is 0 Å². The molecule has 8 atom stereocenters. The van der Waals surface area contributed by atoms with Crippen molar-refractivity contribution >= 4 is 23.2 Å². The maximum Gasteiger partial charge on any atom is 0.251 e. The first-order valence-electron chi connectivity index (χ1n) is 15.1. The highest BCUT2D eigenvalue weighted by Crippen LogP contribution is 2.35. The SMILES string of the molecule is CC1(C)O[C@H](CO)[C@H](NC(=O)c2ccc(N=Nc3ccc(C(=O)N[C@@H]4[C@@H](O)[C@H](CO)C(C)(C)O[C@@H]4CO)cc3)cc2)[C@@H](O)[C@@H]1CO. The maximum atomic E-state index is 12.9. The third kappa shape index (κ3) is 7.61. The number of carbonyl (C=O) groups is 2. The van der Waals surface area contributed by atoms with E-state index in [2.05, 4.69) is 20.9 Å². The molecule has 0 aromatic heterocycles. The number of amides is 2. The summed E-state index contributed by atoms with van der Waals surface area (Å²) in [7, 11) is 0. The smallest absolute Gasteiger partial charge is 0.251 e. The normalized spacial score (nSPS) is 30.6. The number of aliphatic hydroxyl groups is 6. The van der Waals surface area contributed by atoms with E-state index in [0.29, 0.717) is 11.4 Å². The molecule has 2 saturated heterocycles. The van der Waals surface area contributed by atoms with Crippen LogP contribution >= 0.6 is 0 Å². The highest BCUT2D eigenvalue weighted by molar-refractivity contribution is 5.95. The molecule has 0 saturated carbocycles. The first kappa shape index (κ1) is 35.5. The molecule has 2 heterocycles. The second kappa shape index (κ2) is 14.6. The van der Waals surface area contributed by atoms with Gasteiger partial charge in [0, 0.05) is 23.0 Å². The van der Waals surface area contributed by atoms with Gasteiger partial charge >= 0.3 is 0 Å². The maximum absolute atomic E-state index is 12.9. The summed E-state index contributed by atoms with van der Waals surface area (Å²) in [6.45, 7) is 5.25. The Morgan fingerprint density at radius 2 is 0.957 bits per heavy atom. The van der Waals surface area contributed by atoms with Crippen molar-refractivity contribution in [3.8, 4) is 0 Å². The molecular weight excluding hydrogens is 600 g/mol. The minimum atomic E-state index is -1.14. The predicted octanol–water partition coefficient (Wildman–Crippen LogP) is 0.577. The highest BCUT2D eigenvalue weighted by atomic mass is 16.5. The van der Waals surface area contributed by atoms with E-state index in [1.807, 2.05) is 0 Å². The van der Waals surface area contributed by atoms with Crippen LogP contribution in [-0.4, -0.2) is 117 Å². The average molecular weight is 645 g/mol. The van der Waals surface area contributed by atoms with Crippen molar-refractivity contribution in [2.75, 3.05) is 26.4 Å². The van der Waals surface area contributed by atoms with Crippen LogP contribution < -0.4 is 10.6 Å². The summed E-state index contributed by atoms with van der Waals surface area (Å²) in [5, 5.41) is 74.5. The third-order valence-electron chi connectivity index (χ3n) is 8.95. The van der Waals surface area contributed by atoms with Crippen molar-refractivity contribution in [3.05, 3.63) is 59.7 Å². The molecular formula is C32H44N4O10. The molecule has 2 aliphatic heterocycles. The summed E-state index contributed by atoms with van der Waals surface area (Å²) < 4.78 is 11.7. The van der Waals surface area contributed by atoms with E-state index in [4.69, 9.17) is 9.47 Å². The van der Waals surface area contributed by atoms with Crippen LogP contribution in [0.3, 0.4) is 0 Å². The molecule has 14 nitrogen and oxygen atoms in total. The van der Waals surface area contributed by atoms with Crippen molar-refractivity contribution in [2.45, 2.75) is 75.4 Å². The Balaban J connectivity index is 1.36. The van der Waals surface area contributed by atoms with Gasteiger partial charge in [-0.15, -0.1) is 0 Å². The summed E-state index contributed by atoms with van der Waals surface area (Å²) in [6, 6.07) is 10.5. The largest absolute Gasteiger partial charge is 0.396 e. The average Bonchev–Trinajstić information content (AvgIpc) is 3.02. The number of hydrogen-bond donors (Lipinski definition) is 8. The molecule has 2 fully saturated rings. The molecule has 2 aliphatic rings. The number of aliphatic hydroxyl groups excluding tert-OH is 6. The molecule has 2 amide bonds. The Kier molecular flexibility index (Phi) is 11.3. The summed E-state index contributed by atoms with van der Waals surface area (Å²) in [5.74, 6) is -2.35. The quantitative estimate of drug-likeness (QED) is 0.168. The Hall–Kier alpha value is -3.34. The van der Waals surface area contributed by atoms with Crippen molar-refractivity contribution in [3.63, 3.8) is 0 Å². The third-order valence-corrected chi connectivity index (χ3v) is 8.95. The van der Waals surface area contributed by atoms with E-state index < -0.39 is 84.6 Å². The van der Waals surface area contributed by atoms with Crippen LogP contribution in [0, 0.1) is 11.8 Å². The van der Waals surface area contributed by atoms with Crippen molar-refractivity contribution < 1.29 is 49.7 Å². The topological polar surface area (TPSA) is 223 Å². The zero-order valence-corrected chi connectivity index (χ0v) is 26.3.